The van der Waals surface area contributed by atoms with Crippen molar-refractivity contribution < 1.29 is 15.3 Å². The molecule has 0 radical (unpaired) electrons. The summed E-state index contributed by atoms with van der Waals surface area (Å²) in [5.41, 5.74) is 7.04. The SMILES string of the molecule is C=C1C=C(Cc2cc(C)cc(C)c2O)C(O)=C(Cc2cc(C)ccc2O)C1. The van der Waals surface area contributed by atoms with Crippen LogP contribution in [-0.4, -0.2) is 15.3 Å². The summed E-state index contributed by atoms with van der Waals surface area (Å²) in [6.45, 7) is 9.93. The van der Waals surface area contributed by atoms with Crippen molar-refractivity contribution in [3.63, 3.8) is 0 Å². The predicted molar refractivity (Wildman–Crippen MR) is 109 cm³/mol. The van der Waals surface area contributed by atoms with E-state index in [9.17, 15) is 15.3 Å². The first-order valence-electron chi connectivity index (χ1n) is 9.12. The summed E-state index contributed by atoms with van der Waals surface area (Å²) in [5.74, 6) is 0.736. The second-order valence-corrected chi connectivity index (χ2v) is 7.53. The molecule has 0 bridgehead atoms. The fourth-order valence-corrected chi connectivity index (χ4v) is 3.71. The maximum Gasteiger partial charge on any atom is 0.122 e. The van der Waals surface area contributed by atoms with Crippen LogP contribution in [0.2, 0.25) is 0 Å². The summed E-state index contributed by atoms with van der Waals surface area (Å²) in [7, 11) is 0. The van der Waals surface area contributed by atoms with Gasteiger partial charge in [0.05, 0.1) is 0 Å². The van der Waals surface area contributed by atoms with E-state index in [4.69, 9.17) is 0 Å². The molecule has 1 aliphatic rings. The van der Waals surface area contributed by atoms with Gasteiger partial charge in [-0.05, 0) is 61.1 Å². The molecule has 3 nitrogen and oxygen atoms in total. The second kappa shape index (κ2) is 7.36. The van der Waals surface area contributed by atoms with Gasteiger partial charge in [-0.3, -0.25) is 0 Å². The molecule has 0 fully saturated rings. The van der Waals surface area contributed by atoms with Gasteiger partial charge in [0.1, 0.15) is 17.3 Å². The van der Waals surface area contributed by atoms with Crippen molar-refractivity contribution in [3.8, 4) is 11.5 Å². The van der Waals surface area contributed by atoms with Gasteiger partial charge in [0.25, 0.3) is 0 Å². The Morgan fingerprint density at radius 3 is 2.33 bits per heavy atom. The Labute approximate surface area is 160 Å². The topological polar surface area (TPSA) is 60.7 Å². The summed E-state index contributed by atoms with van der Waals surface area (Å²) in [5, 5.41) is 31.4. The zero-order valence-electron chi connectivity index (χ0n) is 16.1. The van der Waals surface area contributed by atoms with Crippen molar-refractivity contribution >= 4 is 0 Å². The molecule has 0 aromatic heterocycles. The Balaban J connectivity index is 1.94. The molecule has 3 heteroatoms. The highest BCUT2D eigenvalue weighted by molar-refractivity contribution is 5.51. The minimum Gasteiger partial charge on any atom is -0.508 e. The number of aromatic hydroxyl groups is 2. The smallest absolute Gasteiger partial charge is 0.122 e. The molecule has 0 unspecified atom stereocenters. The monoisotopic (exact) mass is 362 g/mol. The first kappa shape index (κ1) is 18.8. The molecule has 0 heterocycles. The van der Waals surface area contributed by atoms with E-state index in [-0.39, 0.29) is 17.3 Å². The summed E-state index contributed by atoms with van der Waals surface area (Å²) in [4.78, 5) is 0. The van der Waals surface area contributed by atoms with E-state index in [0.717, 1.165) is 44.5 Å². The number of allylic oxidation sites excluding steroid dienone is 4. The second-order valence-electron chi connectivity index (χ2n) is 7.53. The predicted octanol–water partition coefficient (Wildman–Crippen LogP) is 5.51. The van der Waals surface area contributed by atoms with Gasteiger partial charge in [-0.15, -0.1) is 0 Å². The van der Waals surface area contributed by atoms with Gasteiger partial charge < -0.3 is 15.3 Å². The Kier molecular flexibility index (Phi) is 5.13. The van der Waals surface area contributed by atoms with Crippen molar-refractivity contribution in [2.24, 2.45) is 0 Å². The van der Waals surface area contributed by atoms with Gasteiger partial charge in [-0.1, -0.05) is 53.6 Å². The van der Waals surface area contributed by atoms with Crippen LogP contribution in [0.3, 0.4) is 0 Å². The van der Waals surface area contributed by atoms with Gasteiger partial charge in [0.2, 0.25) is 0 Å². The molecule has 0 aliphatic heterocycles. The number of phenolic OH excluding ortho intramolecular Hbond substituents is 2. The van der Waals surface area contributed by atoms with Gasteiger partial charge in [-0.25, -0.2) is 0 Å². The van der Waals surface area contributed by atoms with E-state index in [1.165, 1.54) is 0 Å². The summed E-state index contributed by atoms with van der Waals surface area (Å²) in [6.07, 6.45) is 3.37. The number of rotatable bonds is 4. The van der Waals surface area contributed by atoms with Crippen LogP contribution in [0.25, 0.3) is 0 Å². The molecule has 0 atom stereocenters. The molecule has 2 aromatic rings. The average molecular weight is 362 g/mol. The lowest BCUT2D eigenvalue weighted by Gasteiger charge is -2.21. The van der Waals surface area contributed by atoms with Crippen molar-refractivity contribution in [3.05, 3.63) is 93.3 Å². The number of hydrogen-bond acceptors (Lipinski definition) is 3. The molecule has 0 spiro atoms. The van der Waals surface area contributed by atoms with E-state index < -0.39 is 0 Å². The lowest BCUT2D eigenvalue weighted by atomic mass is 9.86. The van der Waals surface area contributed by atoms with E-state index >= 15 is 0 Å². The Hall–Kier alpha value is -2.94. The van der Waals surface area contributed by atoms with E-state index in [0.29, 0.717) is 19.3 Å². The molecule has 3 N–H and O–H groups in total. The molecule has 3 rings (SSSR count). The number of aryl methyl sites for hydroxylation is 3. The third kappa shape index (κ3) is 4.08. The van der Waals surface area contributed by atoms with Crippen LogP contribution in [-0.2, 0) is 12.8 Å². The maximum absolute atomic E-state index is 10.9. The average Bonchev–Trinajstić information content (AvgIpc) is 2.59. The number of benzene rings is 2. The van der Waals surface area contributed by atoms with Crippen LogP contribution in [0, 0.1) is 20.8 Å². The number of hydrogen-bond donors (Lipinski definition) is 3. The van der Waals surface area contributed by atoms with Crippen LogP contribution >= 0.6 is 0 Å². The van der Waals surface area contributed by atoms with Crippen LogP contribution in [0.15, 0.2) is 65.5 Å². The van der Waals surface area contributed by atoms with Crippen LogP contribution < -0.4 is 0 Å². The first-order chi connectivity index (χ1) is 12.7. The highest BCUT2D eigenvalue weighted by Gasteiger charge is 2.20. The summed E-state index contributed by atoms with van der Waals surface area (Å²) >= 11 is 0. The molecule has 2 aromatic carbocycles. The molecule has 0 amide bonds. The standard InChI is InChI=1S/C24H26O3/c1-14-5-6-22(25)18(8-14)12-20-10-16(3)11-21(24(20)27)13-19-9-15(2)7-17(4)23(19)26/h5-9,11,25-27H,3,10,12-13H2,1-2,4H3. The molecule has 27 heavy (non-hydrogen) atoms. The van der Waals surface area contributed by atoms with E-state index in [1.807, 2.05) is 51.1 Å². The Morgan fingerprint density at radius 2 is 1.59 bits per heavy atom. The lowest BCUT2D eigenvalue weighted by Crippen LogP contribution is -2.08. The fraction of sp³-hybridized carbons (Fsp3) is 0.250. The van der Waals surface area contributed by atoms with Gasteiger partial charge >= 0.3 is 0 Å². The molecule has 0 saturated heterocycles. The van der Waals surface area contributed by atoms with E-state index in [1.54, 1.807) is 6.07 Å². The van der Waals surface area contributed by atoms with Gasteiger partial charge in [0, 0.05) is 12.8 Å². The highest BCUT2D eigenvalue weighted by atomic mass is 16.3. The molecule has 140 valence electrons. The van der Waals surface area contributed by atoms with E-state index in [2.05, 4.69) is 6.58 Å². The van der Waals surface area contributed by atoms with Crippen LogP contribution in [0.4, 0.5) is 0 Å². The number of aliphatic hydroxyl groups excluding tert-OH is 1. The highest BCUT2D eigenvalue weighted by Crippen LogP contribution is 2.34. The third-order valence-electron chi connectivity index (χ3n) is 5.00. The van der Waals surface area contributed by atoms with Crippen LogP contribution in [0.1, 0.15) is 34.2 Å². The normalized spacial score (nSPS) is 14.5. The number of aliphatic hydroxyl groups is 1. The molecule has 1 aliphatic carbocycles. The molecular weight excluding hydrogens is 336 g/mol. The molecule has 0 saturated carbocycles. The zero-order valence-corrected chi connectivity index (χ0v) is 16.1. The minimum absolute atomic E-state index is 0.231. The quantitative estimate of drug-likeness (QED) is 0.672. The Morgan fingerprint density at radius 1 is 0.889 bits per heavy atom. The lowest BCUT2D eigenvalue weighted by molar-refractivity contribution is 0.406. The number of phenols is 2. The van der Waals surface area contributed by atoms with Gasteiger partial charge in [-0.2, -0.15) is 0 Å². The van der Waals surface area contributed by atoms with Crippen molar-refractivity contribution in [2.75, 3.05) is 0 Å². The fourth-order valence-electron chi connectivity index (χ4n) is 3.71. The van der Waals surface area contributed by atoms with Gasteiger partial charge in [0.15, 0.2) is 0 Å². The van der Waals surface area contributed by atoms with Crippen LogP contribution in [0.5, 0.6) is 11.5 Å². The maximum atomic E-state index is 10.9. The van der Waals surface area contributed by atoms with Crippen molar-refractivity contribution in [1.82, 2.24) is 0 Å². The Bertz CT molecular complexity index is 977. The molecular formula is C24H26O3. The van der Waals surface area contributed by atoms with Crippen molar-refractivity contribution in [2.45, 2.75) is 40.0 Å². The summed E-state index contributed by atoms with van der Waals surface area (Å²) in [6, 6.07) is 9.37. The third-order valence-corrected chi connectivity index (χ3v) is 5.00. The first-order valence-corrected chi connectivity index (χ1v) is 9.12. The minimum atomic E-state index is 0.231. The largest absolute Gasteiger partial charge is 0.508 e. The van der Waals surface area contributed by atoms with Crippen molar-refractivity contribution in [1.29, 1.82) is 0 Å². The summed E-state index contributed by atoms with van der Waals surface area (Å²) < 4.78 is 0. The zero-order chi connectivity index (χ0) is 19.7.